The van der Waals surface area contributed by atoms with E-state index in [2.05, 4.69) is 23.3 Å². The first kappa shape index (κ1) is 13.7. The van der Waals surface area contributed by atoms with Crippen LogP contribution < -0.4 is 5.32 Å². The molecule has 0 amide bonds. The minimum absolute atomic E-state index is 0.0476. The van der Waals surface area contributed by atoms with Gasteiger partial charge >= 0.3 is 0 Å². The summed E-state index contributed by atoms with van der Waals surface area (Å²) in [4.78, 5) is 6.57. The smallest absolute Gasteiger partial charge is 0.146 e. The topological polar surface area (TPSA) is 24.9 Å². The second-order valence-corrected chi connectivity index (χ2v) is 6.40. The number of nitrogens with zero attached hydrogens (tertiary/aromatic N) is 1. The van der Waals surface area contributed by atoms with E-state index >= 15 is 0 Å². The van der Waals surface area contributed by atoms with Crippen molar-refractivity contribution in [1.82, 2.24) is 10.3 Å². The van der Waals surface area contributed by atoms with Crippen molar-refractivity contribution in [3.05, 3.63) is 51.2 Å². The molecule has 2 aromatic rings. The molecule has 1 aliphatic rings. The number of hydrogen-bond donors (Lipinski definition) is 1. The standard InChI is InChI=1S/C16H19FN2S/c1-2-7-19-16(12-6-8-18-10-13(12)17)15-9-11-4-3-5-14(11)20-15/h6,8-10,16,19H,2-5,7H2,1H3. The van der Waals surface area contributed by atoms with Crippen molar-refractivity contribution < 1.29 is 4.39 Å². The number of rotatable bonds is 5. The zero-order chi connectivity index (χ0) is 13.9. The molecule has 1 atom stereocenters. The van der Waals surface area contributed by atoms with Crippen LogP contribution in [0.3, 0.4) is 0 Å². The molecule has 0 radical (unpaired) electrons. The Kier molecular flexibility index (Phi) is 4.13. The highest BCUT2D eigenvalue weighted by Crippen LogP contribution is 2.36. The summed E-state index contributed by atoms with van der Waals surface area (Å²) >= 11 is 1.83. The summed E-state index contributed by atoms with van der Waals surface area (Å²) in [6, 6.07) is 4.00. The van der Waals surface area contributed by atoms with E-state index in [1.807, 2.05) is 11.3 Å². The first-order chi connectivity index (χ1) is 9.79. The third kappa shape index (κ3) is 2.63. The Hall–Kier alpha value is -1.26. The highest BCUT2D eigenvalue weighted by Gasteiger charge is 2.23. The van der Waals surface area contributed by atoms with Crippen LogP contribution in [0.1, 0.15) is 46.7 Å². The number of pyridine rings is 1. The Labute approximate surface area is 123 Å². The normalized spacial score (nSPS) is 15.3. The van der Waals surface area contributed by atoms with Crippen LogP contribution in [-0.2, 0) is 12.8 Å². The Morgan fingerprint density at radius 1 is 1.45 bits per heavy atom. The number of hydrogen-bond acceptors (Lipinski definition) is 3. The third-order valence-corrected chi connectivity index (χ3v) is 5.07. The van der Waals surface area contributed by atoms with Crippen molar-refractivity contribution in [2.24, 2.45) is 0 Å². The van der Waals surface area contributed by atoms with Gasteiger partial charge in [0.05, 0.1) is 12.2 Å². The second kappa shape index (κ2) is 6.02. The summed E-state index contributed by atoms with van der Waals surface area (Å²) in [5.41, 5.74) is 2.16. The lowest BCUT2D eigenvalue weighted by Crippen LogP contribution is -2.23. The molecule has 1 aliphatic carbocycles. The fourth-order valence-corrected chi connectivity index (χ4v) is 4.12. The lowest BCUT2D eigenvalue weighted by atomic mass is 10.1. The quantitative estimate of drug-likeness (QED) is 0.904. The number of nitrogens with one attached hydrogen (secondary N) is 1. The van der Waals surface area contributed by atoms with Crippen LogP contribution in [0.15, 0.2) is 24.5 Å². The number of thiophene rings is 1. The van der Waals surface area contributed by atoms with E-state index in [-0.39, 0.29) is 11.9 Å². The van der Waals surface area contributed by atoms with Crippen molar-refractivity contribution in [1.29, 1.82) is 0 Å². The Balaban J connectivity index is 1.95. The molecule has 0 fully saturated rings. The zero-order valence-electron chi connectivity index (χ0n) is 11.7. The Morgan fingerprint density at radius 2 is 2.35 bits per heavy atom. The molecule has 0 aromatic carbocycles. The van der Waals surface area contributed by atoms with E-state index < -0.39 is 0 Å². The highest BCUT2D eigenvalue weighted by atomic mass is 32.1. The van der Waals surface area contributed by atoms with Gasteiger partial charge in [0.25, 0.3) is 0 Å². The molecule has 2 nitrogen and oxygen atoms in total. The Bertz CT molecular complexity index is 572. The summed E-state index contributed by atoms with van der Waals surface area (Å²) in [5.74, 6) is -0.227. The lowest BCUT2D eigenvalue weighted by molar-refractivity contribution is 0.547. The molecule has 1 unspecified atom stereocenters. The van der Waals surface area contributed by atoms with Gasteiger partial charge in [0.15, 0.2) is 0 Å². The van der Waals surface area contributed by atoms with Crippen molar-refractivity contribution in [2.45, 2.75) is 38.6 Å². The number of fused-ring (bicyclic) bond motifs is 1. The van der Waals surface area contributed by atoms with E-state index in [9.17, 15) is 4.39 Å². The molecular weight excluding hydrogens is 271 g/mol. The maximum atomic E-state index is 14.1. The van der Waals surface area contributed by atoms with Crippen LogP contribution in [0.4, 0.5) is 4.39 Å². The molecule has 2 aromatic heterocycles. The van der Waals surface area contributed by atoms with Gasteiger partial charge in [0.1, 0.15) is 5.82 Å². The maximum Gasteiger partial charge on any atom is 0.146 e. The third-order valence-electron chi connectivity index (χ3n) is 3.76. The highest BCUT2D eigenvalue weighted by molar-refractivity contribution is 7.12. The molecular formula is C16H19FN2S. The summed E-state index contributed by atoms with van der Waals surface area (Å²) in [6.07, 6.45) is 7.62. The van der Waals surface area contributed by atoms with Crippen LogP contribution in [-0.4, -0.2) is 11.5 Å². The molecule has 0 saturated heterocycles. The van der Waals surface area contributed by atoms with Gasteiger partial charge in [-0.2, -0.15) is 0 Å². The predicted molar refractivity (Wildman–Crippen MR) is 80.7 cm³/mol. The van der Waals surface area contributed by atoms with Gasteiger partial charge in [0.2, 0.25) is 0 Å². The van der Waals surface area contributed by atoms with Crippen molar-refractivity contribution in [3.63, 3.8) is 0 Å². The molecule has 0 spiro atoms. The van der Waals surface area contributed by atoms with Gasteiger partial charge in [-0.05, 0) is 49.9 Å². The monoisotopic (exact) mass is 290 g/mol. The number of aryl methyl sites for hydroxylation is 2. The SMILES string of the molecule is CCCNC(c1cc2c(s1)CCC2)c1ccncc1F. The molecule has 0 aliphatic heterocycles. The molecule has 20 heavy (non-hydrogen) atoms. The summed E-state index contributed by atoms with van der Waals surface area (Å²) in [6.45, 7) is 3.01. The van der Waals surface area contributed by atoms with Crippen LogP contribution in [0.5, 0.6) is 0 Å². The van der Waals surface area contributed by atoms with E-state index in [0.29, 0.717) is 5.56 Å². The second-order valence-electron chi connectivity index (χ2n) is 5.24. The number of halogens is 1. The zero-order valence-corrected chi connectivity index (χ0v) is 12.5. The van der Waals surface area contributed by atoms with Crippen LogP contribution in [0.25, 0.3) is 0 Å². The number of aromatic nitrogens is 1. The van der Waals surface area contributed by atoms with Gasteiger partial charge in [-0.3, -0.25) is 4.98 Å². The van der Waals surface area contributed by atoms with Crippen LogP contribution >= 0.6 is 11.3 Å². The average molecular weight is 290 g/mol. The fourth-order valence-electron chi connectivity index (χ4n) is 2.77. The van der Waals surface area contributed by atoms with E-state index in [0.717, 1.165) is 13.0 Å². The molecule has 4 heteroatoms. The molecule has 106 valence electrons. The predicted octanol–water partition coefficient (Wildman–Crippen LogP) is 3.86. The van der Waals surface area contributed by atoms with Crippen molar-refractivity contribution >= 4 is 11.3 Å². The van der Waals surface area contributed by atoms with Crippen molar-refractivity contribution in [2.75, 3.05) is 6.54 Å². The van der Waals surface area contributed by atoms with Crippen molar-refractivity contribution in [3.8, 4) is 0 Å². The van der Waals surface area contributed by atoms with E-state index in [1.54, 1.807) is 12.3 Å². The summed E-state index contributed by atoms with van der Waals surface area (Å²) in [5, 5.41) is 3.47. The molecule has 0 saturated carbocycles. The van der Waals surface area contributed by atoms with E-state index in [1.165, 1.54) is 40.8 Å². The van der Waals surface area contributed by atoms with Gasteiger partial charge < -0.3 is 5.32 Å². The molecule has 3 rings (SSSR count). The molecule has 1 N–H and O–H groups in total. The summed E-state index contributed by atoms with van der Waals surface area (Å²) < 4.78 is 14.1. The Morgan fingerprint density at radius 3 is 3.10 bits per heavy atom. The molecule has 2 heterocycles. The van der Waals surface area contributed by atoms with Crippen LogP contribution in [0, 0.1) is 5.82 Å². The fraction of sp³-hybridized carbons (Fsp3) is 0.438. The largest absolute Gasteiger partial charge is 0.306 e. The summed E-state index contributed by atoms with van der Waals surface area (Å²) in [7, 11) is 0. The first-order valence-corrected chi connectivity index (χ1v) is 8.05. The van der Waals surface area contributed by atoms with Gasteiger partial charge in [0, 0.05) is 21.5 Å². The van der Waals surface area contributed by atoms with Crippen LogP contribution in [0.2, 0.25) is 0 Å². The van der Waals surface area contributed by atoms with E-state index in [4.69, 9.17) is 0 Å². The first-order valence-electron chi connectivity index (χ1n) is 7.24. The minimum Gasteiger partial charge on any atom is -0.306 e. The molecule has 0 bridgehead atoms. The maximum absolute atomic E-state index is 14.1. The van der Waals surface area contributed by atoms with Gasteiger partial charge in [-0.1, -0.05) is 6.92 Å². The van der Waals surface area contributed by atoms with Gasteiger partial charge in [-0.25, -0.2) is 4.39 Å². The minimum atomic E-state index is -0.227. The van der Waals surface area contributed by atoms with Gasteiger partial charge in [-0.15, -0.1) is 11.3 Å². The lowest BCUT2D eigenvalue weighted by Gasteiger charge is -2.18. The average Bonchev–Trinajstić information content (AvgIpc) is 3.02.